The molecule has 1 saturated carbocycles. The van der Waals surface area contributed by atoms with Crippen LogP contribution in [0.25, 0.3) is 0 Å². The second kappa shape index (κ2) is 5.43. The number of hydrogen-bond donors (Lipinski definition) is 2. The first-order valence-electron chi connectivity index (χ1n) is 8.00. The molecule has 0 spiro atoms. The summed E-state index contributed by atoms with van der Waals surface area (Å²) < 4.78 is 0. The number of nitrogens with one attached hydrogen (secondary N) is 1. The molecule has 2 N–H and O–H groups in total. The molecule has 0 aliphatic heterocycles. The zero-order valence-electron chi connectivity index (χ0n) is 12.7. The van der Waals surface area contributed by atoms with Crippen molar-refractivity contribution in [1.82, 2.24) is 5.32 Å². The van der Waals surface area contributed by atoms with Crippen LogP contribution in [0.15, 0.2) is 11.4 Å². The van der Waals surface area contributed by atoms with Crippen LogP contribution >= 0.6 is 11.3 Å². The Morgan fingerprint density at radius 3 is 2.80 bits per heavy atom. The fourth-order valence-electron chi connectivity index (χ4n) is 3.58. The molecule has 0 amide bonds. The number of fused-ring (bicyclic) bond motifs is 1. The summed E-state index contributed by atoms with van der Waals surface area (Å²) in [5, 5.41) is 16.6. The standard InChI is InChI=1S/C17H27NOS/c1-16(2)7-9-17(19,10-8-16)12-18-14-4-3-5-15-13(14)6-11-20-15/h6,11,14,18-19H,3-5,7-10,12H2,1-2H3. The lowest BCUT2D eigenvalue weighted by Crippen LogP contribution is -2.46. The Morgan fingerprint density at radius 1 is 1.30 bits per heavy atom. The van der Waals surface area contributed by atoms with Crippen LogP contribution in [0.1, 0.15) is 68.9 Å². The highest BCUT2D eigenvalue weighted by Crippen LogP contribution is 2.40. The van der Waals surface area contributed by atoms with Gasteiger partial charge in [0.15, 0.2) is 0 Å². The molecule has 1 aromatic heterocycles. The third-order valence-corrected chi connectivity index (χ3v) is 6.26. The molecule has 0 radical (unpaired) electrons. The van der Waals surface area contributed by atoms with E-state index in [1.807, 2.05) is 11.3 Å². The van der Waals surface area contributed by atoms with Crippen molar-refractivity contribution in [3.8, 4) is 0 Å². The molecule has 3 rings (SSSR count). The Kier molecular flexibility index (Phi) is 3.95. The van der Waals surface area contributed by atoms with Crippen molar-refractivity contribution in [2.24, 2.45) is 5.41 Å². The minimum atomic E-state index is -0.483. The molecule has 1 aromatic rings. The third kappa shape index (κ3) is 3.10. The first-order valence-corrected chi connectivity index (χ1v) is 8.88. The van der Waals surface area contributed by atoms with Crippen LogP contribution in [0.5, 0.6) is 0 Å². The largest absolute Gasteiger partial charge is 0.389 e. The predicted octanol–water partition coefficient (Wildman–Crippen LogP) is 4.05. The molecule has 0 bridgehead atoms. The van der Waals surface area contributed by atoms with Gasteiger partial charge in [-0.2, -0.15) is 0 Å². The molecule has 1 unspecified atom stereocenters. The van der Waals surface area contributed by atoms with Gasteiger partial charge in [-0.1, -0.05) is 13.8 Å². The zero-order chi connectivity index (χ0) is 14.2. The average Bonchev–Trinajstić information content (AvgIpc) is 2.89. The first kappa shape index (κ1) is 14.6. The molecule has 3 heteroatoms. The van der Waals surface area contributed by atoms with E-state index >= 15 is 0 Å². The molecule has 1 fully saturated rings. The number of rotatable bonds is 3. The summed E-state index contributed by atoms with van der Waals surface area (Å²) in [6.45, 7) is 5.39. The lowest BCUT2D eigenvalue weighted by atomic mass is 9.71. The normalized spacial score (nSPS) is 28.1. The number of aliphatic hydroxyl groups is 1. The van der Waals surface area contributed by atoms with Gasteiger partial charge in [-0.25, -0.2) is 0 Å². The summed E-state index contributed by atoms with van der Waals surface area (Å²) in [5.74, 6) is 0. The quantitative estimate of drug-likeness (QED) is 0.881. The fraction of sp³-hybridized carbons (Fsp3) is 0.765. The summed E-state index contributed by atoms with van der Waals surface area (Å²) in [7, 11) is 0. The minimum Gasteiger partial charge on any atom is -0.389 e. The summed E-state index contributed by atoms with van der Waals surface area (Å²) in [6.07, 6.45) is 7.89. The van der Waals surface area contributed by atoms with Crippen LogP contribution in [-0.4, -0.2) is 17.3 Å². The van der Waals surface area contributed by atoms with Gasteiger partial charge in [0.05, 0.1) is 5.60 Å². The smallest absolute Gasteiger partial charge is 0.0772 e. The predicted molar refractivity (Wildman–Crippen MR) is 85.2 cm³/mol. The number of aryl methyl sites for hydroxylation is 1. The summed E-state index contributed by atoms with van der Waals surface area (Å²) in [4.78, 5) is 1.55. The molecule has 2 aliphatic rings. The molecule has 20 heavy (non-hydrogen) atoms. The summed E-state index contributed by atoms with van der Waals surface area (Å²) in [5.41, 5.74) is 1.42. The van der Waals surface area contributed by atoms with Crippen molar-refractivity contribution in [2.45, 2.75) is 70.4 Å². The van der Waals surface area contributed by atoms with Crippen LogP contribution in [0, 0.1) is 5.41 Å². The zero-order valence-corrected chi connectivity index (χ0v) is 13.6. The Hall–Kier alpha value is -0.380. The van der Waals surface area contributed by atoms with Crippen LogP contribution in [-0.2, 0) is 6.42 Å². The lowest BCUT2D eigenvalue weighted by Gasteiger charge is -2.41. The van der Waals surface area contributed by atoms with Gasteiger partial charge < -0.3 is 10.4 Å². The fourth-order valence-corrected chi connectivity index (χ4v) is 4.57. The highest BCUT2D eigenvalue weighted by atomic mass is 32.1. The van der Waals surface area contributed by atoms with E-state index in [0.717, 1.165) is 32.2 Å². The van der Waals surface area contributed by atoms with Crippen molar-refractivity contribution < 1.29 is 5.11 Å². The third-order valence-electron chi connectivity index (χ3n) is 5.26. The maximum absolute atomic E-state index is 10.8. The van der Waals surface area contributed by atoms with E-state index in [0.29, 0.717) is 11.5 Å². The first-order chi connectivity index (χ1) is 9.48. The van der Waals surface area contributed by atoms with Crippen molar-refractivity contribution in [3.63, 3.8) is 0 Å². The van der Waals surface area contributed by atoms with Gasteiger partial charge in [0.25, 0.3) is 0 Å². The van der Waals surface area contributed by atoms with Crippen molar-refractivity contribution in [3.05, 3.63) is 21.9 Å². The Balaban J connectivity index is 1.58. The highest BCUT2D eigenvalue weighted by molar-refractivity contribution is 7.10. The van der Waals surface area contributed by atoms with E-state index < -0.39 is 5.60 Å². The molecular weight excluding hydrogens is 266 g/mol. The van der Waals surface area contributed by atoms with Crippen molar-refractivity contribution in [2.75, 3.05) is 6.54 Å². The molecule has 2 aliphatic carbocycles. The maximum atomic E-state index is 10.8. The summed E-state index contributed by atoms with van der Waals surface area (Å²) >= 11 is 1.89. The second-order valence-electron chi connectivity index (χ2n) is 7.51. The Morgan fingerprint density at radius 2 is 2.05 bits per heavy atom. The van der Waals surface area contributed by atoms with E-state index in [2.05, 4.69) is 30.6 Å². The molecule has 2 nitrogen and oxygen atoms in total. The molecule has 1 atom stereocenters. The molecule has 0 saturated heterocycles. The average molecular weight is 293 g/mol. The number of thiophene rings is 1. The molecular formula is C17H27NOS. The SMILES string of the molecule is CC1(C)CCC(O)(CNC2CCCc3sccc32)CC1. The molecule has 112 valence electrons. The second-order valence-corrected chi connectivity index (χ2v) is 8.51. The van der Waals surface area contributed by atoms with E-state index in [4.69, 9.17) is 0 Å². The Labute approximate surface area is 126 Å². The van der Waals surface area contributed by atoms with Crippen LogP contribution in [0.3, 0.4) is 0 Å². The van der Waals surface area contributed by atoms with Gasteiger partial charge in [0.1, 0.15) is 0 Å². The molecule has 1 heterocycles. The van der Waals surface area contributed by atoms with Crippen molar-refractivity contribution in [1.29, 1.82) is 0 Å². The Bertz CT molecular complexity index is 455. The van der Waals surface area contributed by atoms with Gasteiger partial charge in [-0.15, -0.1) is 11.3 Å². The summed E-state index contributed by atoms with van der Waals surface area (Å²) in [6, 6.07) is 2.73. The molecule has 0 aromatic carbocycles. The highest BCUT2D eigenvalue weighted by Gasteiger charge is 2.37. The van der Waals surface area contributed by atoms with E-state index in [9.17, 15) is 5.11 Å². The van der Waals surface area contributed by atoms with Crippen molar-refractivity contribution >= 4 is 11.3 Å². The van der Waals surface area contributed by atoms with Crippen LogP contribution in [0.2, 0.25) is 0 Å². The van der Waals surface area contributed by atoms with Gasteiger partial charge in [0.2, 0.25) is 0 Å². The van der Waals surface area contributed by atoms with Gasteiger partial charge in [-0.05, 0) is 67.4 Å². The van der Waals surface area contributed by atoms with Gasteiger partial charge in [0, 0.05) is 17.5 Å². The van der Waals surface area contributed by atoms with Crippen LogP contribution in [0.4, 0.5) is 0 Å². The maximum Gasteiger partial charge on any atom is 0.0772 e. The van der Waals surface area contributed by atoms with Gasteiger partial charge >= 0.3 is 0 Å². The topological polar surface area (TPSA) is 32.3 Å². The van der Waals surface area contributed by atoms with E-state index in [-0.39, 0.29) is 0 Å². The monoisotopic (exact) mass is 293 g/mol. The van der Waals surface area contributed by atoms with E-state index in [1.165, 1.54) is 24.8 Å². The van der Waals surface area contributed by atoms with E-state index in [1.54, 1.807) is 4.88 Å². The minimum absolute atomic E-state index is 0.414. The lowest BCUT2D eigenvalue weighted by molar-refractivity contribution is -0.0264. The van der Waals surface area contributed by atoms with Crippen LogP contribution < -0.4 is 5.32 Å². The number of hydrogen-bond acceptors (Lipinski definition) is 3. The van der Waals surface area contributed by atoms with Gasteiger partial charge in [-0.3, -0.25) is 0 Å².